The minimum Gasteiger partial charge on any atom is -0.441 e. The molecule has 6 heteroatoms. The quantitative estimate of drug-likeness (QED) is 0.450. The largest absolute Gasteiger partial charge is 0.441 e. The summed E-state index contributed by atoms with van der Waals surface area (Å²) in [4.78, 5) is 7.67. The van der Waals surface area contributed by atoms with Gasteiger partial charge in [-0.2, -0.15) is 0 Å². The van der Waals surface area contributed by atoms with Crippen LogP contribution in [0, 0.1) is 6.92 Å². The van der Waals surface area contributed by atoms with Crippen LogP contribution in [0.25, 0.3) is 22.6 Å². The maximum absolute atomic E-state index is 12.2. The molecule has 4 rings (SSSR count). The van der Waals surface area contributed by atoms with Crippen LogP contribution >= 0.6 is 0 Å². The summed E-state index contributed by atoms with van der Waals surface area (Å²) in [6, 6.07) is 15.8. The number of nitrogens with zero attached hydrogens (tertiary/aromatic N) is 2. The molecule has 0 N–H and O–H groups in total. The summed E-state index contributed by atoms with van der Waals surface area (Å²) < 4.78 is 30.4. The molecule has 2 heterocycles. The fourth-order valence-corrected chi connectivity index (χ4v) is 5.73. The third-order valence-corrected chi connectivity index (χ3v) is 8.31. The zero-order valence-electron chi connectivity index (χ0n) is 19.2. The van der Waals surface area contributed by atoms with Gasteiger partial charge in [-0.05, 0) is 75.0 Å². The van der Waals surface area contributed by atoms with E-state index in [4.69, 9.17) is 9.40 Å². The highest BCUT2D eigenvalue weighted by Crippen LogP contribution is 2.27. The van der Waals surface area contributed by atoms with Gasteiger partial charge in [0.1, 0.15) is 5.76 Å². The number of benzene rings is 2. The van der Waals surface area contributed by atoms with E-state index in [-0.39, 0.29) is 5.75 Å². The van der Waals surface area contributed by atoms with E-state index in [0.717, 1.165) is 41.1 Å². The van der Waals surface area contributed by atoms with Crippen LogP contribution in [0.1, 0.15) is 44.6 Å². The minimum atomic E-state index is -3.19. The van der Waals surface area contributed by atoms with Crippen LogP contribution in [0.5, 0.6) is 0 Å². The molecule has 1 aliphatic heterocycles. The molecule has 0 aliphatic carbocycles. The molecule has 5 nitrogen and oxygen atoms in total. The lowest BCUT2D eigenvalue weighted by Gasteiger charge is -2.20. The first-order valence-corrected chi connectivity index (χ1v) is 13.2. The molecular formula is C26H32N2O3S. The van der Waals surface area contributed by atoms with E-state index in [9.17, 15) is 8.42 Å². The Kier molecular flexibility index (Phi) is 6.82. The molecule has 1 saturated heterocycles. The van der Waals surface area contributed by atoms with Gasteiger partial charge >= 0.3 is 0 Å². The van der Waals surface area contributed by atoms with E-state index in [1.807, 2.05) is 50.2 Å². The summed E-state index contributed by atoms with van der Waals surface area (Å²) in [7, 11) is -3.19. The Hall–Kier alpha value is -2.44. The average Bonchev–Trinajstić information content (AvgIpc) is 3.37. The number of aromatic nitrogens is 1. The smallest absolute Gasteiger partial charge is 0.226 e. The zero-order valence-corrected chi connectivity index (χ0v) is 20.0. The Morgan fingerprint density at radius 3 is 2.25 bits per heavy atom. The van der Waals surface area contributed by atoms with Crippen molar-refractivity contribution < 1.29 is 12.8 Å². The van der Waals surface area contributed by atoms with Crippen molar-refractivity contribution in [3.05, 3.63) is 60.0 Å². The number of aryl methyl sites for hydroxylation is 1. The predicted molar refractivity (Wildman–Crippen MR) is 128 cm³/mol. The van der Waals surface area contributed by atoms with Crippen LogP contribution in [-0.2, 0) is 16.3 Å². The van der Waals surface area contributed by atoms with Crippen LogP contribution in [0.2, 0.25) is 0 Å². The van der Waals surface area contributed by atoms with Crippen molar-refractivity contribution in [2.75, 3.05) is 18.8 Å². The minimum absolute atomic E-state index is 0.176. The van der Waals surface area contributed by atoms with E-state index in [0.29, 0.717) is 23.2 Å². The van der Waals surface area contributed by atoms with Gasteiger partial charge in [0, 0.05) is 24.6 Å². The lowest BCUT2D eigenvalue weighted by molar-refractivity contribution is 0.271. The first kappa shape index (κ1) is 22.7. The fourth-order valence-electron chi connectivity index (χ4n) is 4.40. The Labute approximate surface area is 191 Å². The highest BCUT2D eigenvalue weighted by molar-refractivity contribution is 7.91. The topological polar surface area (TPSA) is 63.4 Å². The van der Waals surface area contributed by atoms with Gasteiger partial charge in [0.25, 0.3) is 0 Å². The summed E-state index contributed by atoms with van der Waals surface area (Å²) in [5.74, 6) is 1.72. The van der Waals surface area contributed by atoms with Crippen molar-refractivity contribution in [2.24, 2.45) is 0 Å². The number of hydrogen-bond donors (Lipinski definition) is 0. The van der Waals surface area contributed by atoms with E-state index in [1.54, 1.807) is 12.1 Å². The Morgan fingerprint density at radius 2 is 1.66 bits per heavy atom. The van der Waals surface area contributed by atoms with Crippen molar-refractivity contribution >= 4 is 9.84 Å². The third-order valence-electron chi connectivity index (χ3n) is 6.37. The van der Waals surface area contributed by atoms with Crippen LogP contribution in [0.4, 0.5) is 0 Å². The van der Waals surface area contributed by atoms with Crippen molar-refractivity contribution in [2.45, 2.75) is 57.4 Å². The summed E-state index contributed by atoms with van der Waals surface area (Å²) in [6.45, 7) is 8.36. The highest BCUT2D eigenvalue weighted by atomic mass is 32.2. The number of hydrogen-bond acceptors (Lipinski definition) is 5. The van der Waals surface area contributed by atoms with Crippen LogP contribution in [-0.4, -0.2) is 43.2 Å². The summed E-state index contributed by atoms with van der Waals surface area (Å²) in [6.07, 6.45) is 4.09. The summed E-state index contributed by atoms with van der Waals surface area (Å²) in [5, 5.41) is 0. The fraction of sp³-hybridized carbons (Fsp3) is 0.423. The first-order chi connectivity index (χ1) is 15.4. The Balaban J connectivity index is 1.46. The van der Waals surface area contributed by atoms with Crippen LogP contribution in [0.3, 0.4) is 0 Å². The number of oxazole rings is 1. The average molecular weight is 453 g/mol. The van der Waals surface area contributed by atoms with Gasteiger partial charge in [-0.15, -0.1) is 0 Å². The third kappa shape index (κ3) is 4.97. The van der Waals surface area contributed by atoms with Gasteiger partial charge in [0.05, 0.1) is 16.3 Å². The molecule has 2 aromatic carbocycles. The Bertz CT molecular complexity index is 1150. The molecule has 1 aromatic heterocycles. The SMILES string of the molecule is CCCS(=O)(=O)c1ccc(-c2ccc(-c3nc(CCN4CCC[C@H]4C)c(C)o3)cc2)cc1. The first-order valence-electron chi connectivity index (χ1n) is 11.5. The molecule has 1 aliphatic rings. The second-order valence-corrected chi connectivity index (χ2v) is 10.8. The predicted octanol–water partition coefficient (Wildman–Crippen LogP) is 5.53. The molecule has 0 unspecified atom stereocenters. The molecule has 0 saturated carbocycles. The van der Waals surface area contributed by atoms with E-state index in [2.05, 4.69) is 11.8 Å². The maximum Gasteiger partial charge on any atom is 0.226 e. The molecule has 1 fully saturated rings. The lowest BCUT2D eigenvalue weighted by atomic mass is 10.0. The van der Waals surface area contributed by atoms with E-state index >= 15 is 0 Å². The summed E-state index contributed by atoms with van der Waals surface area (Å²) in [5.41, 5.74) is 3.99. The van der Waals surface area contributed by atoms with Crippen LogP contribution in [0.15, 0.2) is 57.8 Å². The Morgan fingerprint density at radius 1 is 1.03 bits per heavy atom. The molecule has 0 amide bonds. The molecule has 3 aromatic rings. The second kappa shape index (κ2) is 9.59. The van der Waals surface area contributed by atoms with E-state index in [1.165, 1.54) is 19.4 Å². The van der Waals surface area contributed by atoms with Gasteiger partial charge in [0.2, 0.25) is 5.89 Å². The maximum atomic E-state index is 12.2. The number of sulfone groups is 1. The van der Waals surface area contributed by atoms with Gasteiger partial charge < -0.3 is 9.32 Å². The molecule has 1 atom stereocenters. The van der Waals surface area contributed by atoms with Gasteiger partial charge in [-0.25, -0.2) is 13.4 Å². The van der Waals surface area contributed by atoms with Crippen LogP contribution < -0.4 is 0 Å². The normalized spacial score (nSPS) is 17.2. The molecule has 170 valence electrons. The van der Waals surface area contributed by atoms with E-state index < -0.39 is 9.84 Å². The molecule has 0 spiro atoms. The second-order valence-electron chi connectivity index (χ2n) is 8.72. The molecule has 0 radical (unpaired) electrons. The highest BCUT2D eigenvalue weighted by Gasteiger charge is 2.21. The molecular weight excluding hydrogens is 420 g/mol. The van der Waals surface area contributed by atoms with Crippen molar-refractivity contribution in [1.82, 2.24) is 9.88 Å². The van der Waals surface area contributed by atoms with Gasteiger partial charge in [0.15, 0.2) is 9.84 Å². The van der Waals surface area contributed by atoms with Gasteiger partial charge in [-0.1, -0.05) is 31.2 Å². The lowest BCUT2D eigenvalue weighted by Crippen LogP contribution is -2.29. The van der Waals surface area contributed by atoms with Crippen molar-refractivity contribution in [3.63, 3.8) is 0 Å². The zero-order chi connectivity index (χ0) is 22.7. The number of likely N-dealkylation sites (tertiary alicyclic amines) is 1. The standard InChI is InChI=1S/C26H32N2O3S/c1-4-18-32(29,30)24-13-11-22(12-14-24)21-7-9-23(10-8-21)26-27-25(20(3)31-26)15-17-28-16-5-6-19(28)2/h7-14,19H,4-6,15-18H2,1-3H3/t19-/m1/s1. The molecule has 0 bridgehead atoms. The monoisotopic (exact) mass is 452 g/mol. The molecule has 32 heavy (non-hydrogen) atoms. The summed E-state index contributed by atoms with van der Waals surface area (Å²) >= 11 is 0. The van der Waals surface area contributed by atoms with Crippen molar-refractivity contribution in [3.8, 4) is 22.6 Å². The van der Waals surface area contributed by atoms with Gasteiger partial charge in [-0.3, -0.25) is 0 Å². The number of rotatable bonds is 8. The van der Waals surface area contributed by atoms with Crippen molar-refractivity contribution in [1.29, 1.82) is 0 Å².